The third kappa shape index (κ3) is 2.88. The van der Waals surface area contributed by atoms with Crippen molar-refractivity contribution in [2.45, 2.75) is 43.6 Å². The normalized spacial score (nSPS) is 24.5. The number of nitrogens with two attached hydrogens (primary N) is 1. The third-order valence-electron chi connectivity index (χ3n) is 6.87. The molecule has 2 aliphatic rings. The van der Waals surface area contributed by atoms with Gasteiger partial charge in [0.2, 0.25) is 0 Å². The second kappa shape index (κ2) is 6.77. The average Bonchev–Trinajstić information content (AvgIpc) is 3.31. The lowest BCUT2D eigenvalue weighted by atomic mass is 9.72. The van der Waals surface area contributed by atoms with Crippen LogP contribution < -0.4 is 5.73 Å². The predicted molar refractivity (Wildman–Crippen MR) is 124 cm³/mol. The van der Waals surface area contributed by atoms with E-state index in [9.17, 15) is 5.11 Å². The number of benzene rings is 1. The van der Waals surface area contributed by atoms with Gasteiger partial charge in [-0.1, -0.05) is 36.4 Å². The van der Waals surface area contributed by atoms with Crippen LogP contribution in [0.3, 0.4) is 0 Å². The molecule has 0 bridgehead atoms. The van der Waals surface area contributed by atoms with E-state index < -0.39 is 5.60 Å². The minimum absolute atomic E-state index is 0.0665. The molecular formula is C25H26N6O. The molecule has 3 N–H and O–H groups in total. The summed E-state index contributed by atoms with van der Waals surface area (Å²) in [4.78, 5) is 14.4. The Hall–Kier alpha value is -3.45. The van der Waals surface area contributed by atoms with Gasteiger partial charge in [0.1, 0.15) is 23.0 Å². The zero-order chi connectivity index (χ0) is 22.0. The Morgan fingerprint density at radius 2 is 1.94 bits per heavy atom. The molecule has 1 unspecified atom stereocenters. The average molecular weight is 427 g/mol. The van der Waals surface area contributed by atoms with Crippen molar-refractivity contribution in [3.05, 3.63) is 71.7 Å². The second-order valence-electron chi connectivity index (χ2n) is 9.35. The Kier molecular flexibility index (Phi) is 4.07. The zero-order valence-corrected chi connectivity index (χ0v) is 18.2. The van der Waals surface area contributed by atoms with Gasteiger partial charge in [0.25, 0.3) is 0 Å². The molecule has 1 aromatic carbocycles. The lowest BCUT2D eigenvalue weighted by Gasteiger charge is -2.40. The Bertz CT molecular complexity index is 1360. The molecule has 0 spiro atoms. The molecule has 0 saturated heterocycles. The molecule has 162 valence electrons. The van der Waals surface area contributed by atoms with Crippen molar-refractivity contribution in [1.29, 1.82) is 0 Å². The van der Waals surface area contributed by atoms with Crippen molar-refractivity contribution < 1.29 is 5.11 Å². The van der Waals surface area contributed by atoms with Gasteiger partial charge in [-0.2, -0.15) is 0 Å². The number of fused-ring (bicyclic) bond motifs is 2. The molecule has 1 saturated carbocycles. The number of aliphatic hydroxyl groups is 1. The number of aromatic nitrogens is 5. The maximum atomic E-state index is 10.3. The lowest BCUT2D eigenvalue weighted by molar-refractivity contribution is -0.0335. The molecule has 32 heavy (non-hydrogen) atoms. The molecule has 6 rings (SSSR count). The van der Waals surface area contributed by atoms with Gasteiger partial charge in [-0.15, -0.1) is 0 Å². The highest BCUT2D eigenvalue weighted by Crippen LogP contribution is 2.45. The third-order valence-corrected chi connectivity index (χ3v) is 6.87. The van der Waals surface area contributed by atoms with Crippen molar-refractivity contribution >= 4 is 17.4 Å². The number of nitrogen functional groups attached to an aromatic ring is 1. The van der Waals surface area contributed by atoms with E-state index >= 15 is 0 Å². The first-order valence-electron chi connectivity index (χ1n) is 11.1. The van der Waals surface area contributed by atoms with Crippen molar-refractivity contribution in [2.75, 3.05) is 5.73 Å². The van der Waals surface area contributed by atoms with Gasteiger partial charge in [-0.05, 0) is 25.8 Å². The fraction of sp³-hybridized carbons (Fsp3) is 0.320. The molecule has 7 nitrogen and oxygen atoms in total. The van der Waals surface area contributed by atoms with Gasteiger partial charge >= 0.3 is 0 Å². The molecule has 1 fully saturated rings. The number of nitrogens with zero attached hydrogens (tertiary/aromatic N) is 5. The van der Waals surface area contributed by atoms with Crippen molar-refractivity contribution in [3.8, 4) is 11.4 Å². The molecule has 0 radical (unpaired) electrons. The molecule has 1 atom stereocenters. The molecule has 3 aromatic heterocycles. The first kappa shape index (κ1) is 19.3. The van der Waals surface area contributed by atoms with Crippen LogP contribution in [0, 0.1) is 0 Å². The van der Waals surface area contributed by atoms with Gasteiger partial charge in [0.15, 0.2) is 0 Å². The Labute approximate surface area is 186 Å². The zero-order valence-electron chi connectivity index (χ0n) is 18.2. The van der Waals surface area contributed by atoms with E-state index in [0.717, 1.165) is 46.2 Å². The summed E-state index contributed by atoms with van der Waals surface area (Å²) in [5.41, 5.74) is 10.8. The van der Waals surface area contributed by atoms with E-state index in [1.807, 2.05) is 31.3 Å². The first-order valence-corrected chi connectivity index (χ1v) is 11.1. The van der Waals surface area contributed by atoms with Crippen LogP contribution in [0.2, 0.25) is 0 Å². The van der Waals surface area contributed by atoms with E-state index in [4.69, 9.17) is 15.7 Å². The van der Waals surface area contributed by atoms with E-state index in [2.05, 4.69) is 45.3 Å². The quantitative estimate of drug-likeness (QED) is 0.521. The lowest BCUT2D eigenvalue weighted by Crippen LogP contribution is -2.40. The van der Waals surface area contributed by atoms with E-state index in [0.29, 0.717) is 18.7 Å². The molecule has 0 amide bonds. The van der Waals surface area contributed by atoms with Crippen LogP contribution in [-0.4, -0.2) is 34.6 Å². The Balaban J connectivity index is 1.40. The number of anilines is 1. The maximum absolute atomic E-state index is 10.3. The summed E-state index contributed by atoms with van der Waals surface area (Å²) in [6, 6.07) is 10.3. The van der Waals surface area contributed by atoms with Crippen LogP contribution >= 0.6 is 0 Å². The molecule has 3 heterocycles. The predicted octanol–water partition coefficient (Wildman–Crippen LogP) is 3.69. The van der Waals surface area contributed by atoms with E-state index in [1.165, 1.54) is 0 Å². The number of rotatable bonds is 3. The fourth-order valence-corrected chi connectivity index (χ4v) is 5.29. The highest BCUT2D eigenvalue weighted by Gasteiger charge is 2.42. The van der Waals surface area contributed by atoms with Crippen LogP contribution in [0.5, 0.6) is 0 Å². The van der Waals surface area contributed by atoms with Crippen LogP contribution in [-0.2, 0) is 13.5 Å². The SMILES string of the molecule is Cn1c(-c2ccccc2)nc2c1C=CC(c1nc([C@H]3C[C@@](C)(O)C3)n3ccnc(N)c13)C2. The number of imidazole rings is 2. The van der Waals surface area contributed by atoms with E-state index in [-0.39, 0.29) is 11.8 Å². The summed E-state index contributed by atoms with van der Waals surface area (Å²) in [5, 5.41) is 10.3. The highest BCUT2D eigenvalue weighted by molar-refractivity contribution is 5.72. The second-order valence-corrected chi connectivity index (χ2v) is 9.35. The first-order chi connectivity index (χ1) is 15.4. The summed E-state index contributed by atoms with van der Waals surface area (Å²) in [7, 11) is 2.06. The smallest absolute Gasteiger partial charge is 0.149 e. The van der Waals surface area contributed by atoms with Crippen LogP contribution in [0.25, 0.3) is 23.0 Å². The monoisotopic (exact) mass is 426 g/mol. The number of hydrogen-bond donors (Lipinski definition) is 2. The van der Waals surface area contributed by atoms with Crippen molar-refractivity contribution in [1.82, 2.24) is 23.9 Å². The molecule has 2 aliphatic carbocycles. The number of allylic oxidation sites excluding steroid dienone is 1. The largest absolute Gasteiger partial charge is 0.390 e. The summed E-state index contributed by atoms with van der Waals surface area (Å²) in [6.07, 6.45) is 10.2. The van der Waals surface area contributed by atoms with Crippen LogP contribution in [0.1, 0.15) is 54.5 Å². The standard InChI is InChI=1S/C25H26N6O/c1-25(32)13-17(14-25)24-29-20(21-22(26)27-10-11-31(21)24)16-8-9-19-18(12-16)28-23(30(19)2)15-6-4-3-5-7-15/h3-11,16-17,32H,12-14H2,1-2H3,(H2,26,27)/t16?,17-,25+. The minimum atomic E-state index is -0.614. The van der Waals surface area contributed by atoms with Gasteiger partial charge in [-0.3, -0.25) is 4.40 Å². The van der Waals surface area contributed by atoms with Gasteiger partial charge in [0.05, 0.1) is 22.7 Å². The van der Waals surface area contributed by atoms with Gasteiger partial charge < -0.3 is 15.4 Å². The molecule has 7 heteroatoms. The topological polar surface area (TPSA) is 94.3 Å². The van der Waals surface area contributed by atoms with Crippen LogP contribution in [0.15, 0.2) is 48.8 Å². The van der Waals surface area contributed by atoms with Crippen molar-refractivity contribution in [2.24, 2.45) is 7.05 Å². The molecular weight excluding hydrogens is 400 g/mol. The van der Waals surface area contributed by atoms with Crippen molar-refractivity contribution in [3.63, 3.8) is 0 Å². The summed E-state index contributed by atoms with van der Waals surface area (Å²) in [6.45, 7) is 1.88. The molecule has 4 aromatic rings. The molecule has 0 aliphatic heterocycles. The minimum Gasteiger partial charge on any atom is -0.390 e. The maximum Gasteiger partial charge on any atom is 0.149 e. The van der Waals surface area contributed by atoms with Gasteiger partial charge in [-0.25, -0.2) is 15.0 Å². The van der Waals surface area contributed by atoms with Crippen LogP contribution in [0.4, 0.5) is 5.82 Å². The summed E-state index contributed by atoms with van der Waals surface area (Å²) >= 11 is 0. The fourth-order valence-electron chi connectivity index (χ4n) is 5.29. The summed E-state index contributed by atoms with van der Waals surface area (Å²) in [5.74, 6) is 2.69. The van der Waals surface area contributed by atoms with E-state index in [1.54, 1.807) is 6.20 Å². The Morgan fingerprint density at radius 1 is 1.16 bits per heavy atom. The highest BCUT2D eigenvalue weighted by atomic mass is 16.3. The Morgan fingerprint density at radius 3 is 2.69 bits per heavy atom. The van der Waals surface area contributed by atoms with Gasteiger partial charge in [0, 0.05) is 43.3 Å². The number of hydrogen-bond acceptors (Lipinski definition) is 5. The summed E-state index contributed by atoms with van der Waals surface area (Å²) < 4.78 is 4.22.